The quantitative estimate of drug-likeness (QED) is 0.686. The maximum absolute atomic E-state index is 11.5. The van der Waals surface area contributed by atoms with Gasteiger partial charge in [-0.25, -0.2) is 14.8 Å². The summed E-state index contributed by atoms with van der Waals surface area (Å²) in [5.74, 6) is -0.495. The number of hydrogen-bond acceptors (Lipinski definition) is 4. The molecule has 1 aliphatic carbocycles. The summed E-state index contributed by atoms with van der Waals surface area (Å²) in [6.45, 7) is 4.32. The van der Waals surface area contributed by atoms with E-state index < -0.39 is 5.97 Å². The Hall–Kier alpha value is -1.63. The number of nitrogens with zero attached hydrogens (tertiary/aromatic N) is 2. The Balaban J connectivity index is 1.87. The summed E-state index contributed by atoms with van der Waals surface area (Å²) < 4.78 is 0.225. The largest absolute Gasteiger partial charge is 0.478 e. The molecule has 0 radical (unpaired) electrons. The summed E-state index contributed by atoms with van der Waals surface area (Å²) in [7, 11) is 0. The molecule has 0 aliphatic heterocycles. The minimum Gasteiger partial charge on any atom is -0.478 e. The van der Waals surface area contributed by atoms with E-state index in [4.69, 9.17) is 0 Å². The van der Waals surface area contributed by atoms with Crippen LogP contribution in [-0.2, 0) is 0 Å². The van der Waals surface area contributed by atoms with Crippen LogP contribution < -0.4 is 5.32 Å². The van der Waals surface area contributed by atoms with Crippen LogP contribution in [0.4, 0.5) is 5.69 Å². The highest BCUT2D eigenvalue weighted by Gasteiger charge is 2.38. The predicted octanol–water partition coefficient (Wildman–Crippen LogP) is 3.80. The first kappa shape index (κ1) is 16.2. The molecule has 0 bridgehead atoms. The molecule has 6 nitrogen and oxygen atoms in total. The van der Waals surface area contributed by atoms with Crippen LogP contribution in [0.15, 0.2) is 12.5 Å². The zero-order chi connectivity index (χ0) is 16.6. The van der Waals surface area contributed by atoms with Gasteiger partial charge in [-0.3, -0.25) is 0 Å². The van der Waals surface area contributed by atoms with Gasteiger partial charge in [0.05, 0.1) is 12.0 Å². The first-order chi connectivity index (χ1) is 10.9. The maximum atomic E-state index is 11.5. The van der Waals surface area contributed by atoms with Crippen molar-refractivity contribution in [2.75, 3.05) is 5.32 Å². The Bertz CT molecular complexity index is 732. The first-order valence-corrected chi connectivity index (χ1v) is 8.73. The number of carboxylic acid groups (broad SMARTS) is 1. The van der Waals surface area contributed by atoms with Crippen LogP contribution in [0.3, 0.4) is 0 Å². The summed E-state index contributed by atoms with van der Waals surface area (Å²) in [5.41, 5.74) is 1.89. The SMILES string of the molecule is CCC1(Br)CC[C@H]([C@H](C)Nc2c(C(=O)O)cnc3[nH]cnc23)C1. The van der Waals surface area contributed by atoms with E-state index in [9.17, 15) is 9.90 Å². The second-order valence-electron chi connectivity index (χ2n) is 6.39. The van der Waals surface area contributed by atoms with E-state index in [0.29, 0.717) is 22.8 Å². The number of alkyl halides is 1. The number of anilines is 1. The second kappa shape index (κ2) is 6.11. The highest BCUT2D eigenvalue weighted by Crippen LogP contribution is 2.45. The van der Waals surface area contributed by atoms with Gasteiger partial charge in [0.1, 0.15) is 11.1 Å². The average molecular weight is 381 g/mol. The van der Waals surface area contributed by atoms with Gasteiger partial charge >= 0.3 is 5.97 Å². The van der Waals surface area contributed by atoms with Gasteiger partial charge in [0, 0.05) is 16.6 Å². The normalized spacial score (nSPS) is 25.6. The van der Waals surface area contributed by atoms with Crippen molar-refractivity contribution in [3.63, 3.8) is 0 Å². The molecule has 3 N–H and O–H groups in total. The molecule has 23 heavy (non-hydrogen) atoms. The summed E-state index contributed by atoms with van der Waals surface area (Å²) in [5, 5.41) is 12.8. The van der Waals surface area contributed by atoms with Crippen LogP contribution in [0.2, 0.25) is 0 Å². The number of aromatic amines is 1. The topological polar surface area (TPSA) is 90.9 Å². The summed E-state index contributed by atoms with van der Waals surface area (Å²) in [6, 6.07) is 0.168. The molecule has 0 spiro atoms. The molecule has 0 saturated heterocycles. The van der Waals surface area contributed by atoms with Gasteiger partial charge in [-0.15, -0.1) is 0 Å². The van der Waals surface area contributed by atoms with Crippen LogP contribution in [0, 0.1) is 5.92 Å². The standard InChI is InChI=1S/C16H21BrN4O2/c1-3-16(17)5-4-10(6-16)9(2)21-12-11(15(22)23)7-18-14-13(12)19-8-20-14/h7-10H,3-6H2,1-2H3,(H,22,23)(H2,18,19,20,21)/t9-,10-,16?/m0/s1. The molecule has 1 fully saturated rings. The monoisotopic (exact) mass is 380 g/mol. The van der Waals surface area contributed by atoms with E-state index in [1.165, 1.54) is 12.5 Å². The highest BCUT2D eigenvalue weighted by molar-refractivity contribution is 9.10. The Labute approximate surface area is 143 Å². The number of rotatable bonds is 5. The number of fused-ring (bicyclic) bond motifs is 1. The fourth-order valence-corrected chi connectivity index (χ4v) is 4.05. The van der Waals surface area contributed by atoms with Crippen molar-refractivity contribution in [2.45, 2.75) is 49.9 Å². The lowest BCUT2D eigenvalue weighted by Gasteiger charge is -2.25. The van der Waals surface area contributed by atoms with Crippen LogP contribution in [-0.4, -0.2) is 36.4 Å². The number of carboxylic acids is 1. The van der Waals surface area contributed by atoms with Crippen molar-refractivity contribution in [3.05, 3.63) is 18.1 Å². The van der Waals surface area contributed by atoms with E-state index in [1.807, 2.05) is 0 Å². The third-order valence-electron chi connectivity index (χ3n) is 4.98. The lowest BCUT2D eigenvalue weighted by atomic mass is 9.96. The van der Waals surface area contributed by atoms with Crippen molar-refractivity contribution in [2.24, 2.45) is 5.92 Å². The van der Waals surface area contributed by atoms with Crippen LogP contribution in [0.1, 0.15) is 49.9 Å². The number of aromatic nitrogens is 3. The molecule has 0 aromatic carbocycles. The van der Waals surface area contributed by atoms with Crippen molar-refractivity contribution in [1.82, 2.24) is 15.0 Å². The lowest BCUT2D eigenvalue weighted by molar-refractivity contribution is 0.0697. The number of halogens is 1. The molecule has 2 aromatic rings. The van der Waals surface area contributed by atoms with Crippen LogP contribution in [0.25, 0.3) is 11.2 Å². The number of pyridine rings is 1. The summed E-state index contributed by atoms with van der Waals surface area (Å²) >= 11 is 3.86. The fraction of sp³-hybridized carbons (Fsp3) is 0.562. The van der Waals surface area contributed by atoms with Gasteiger partial charge in [-0.1, -0.05) is 22.9 Å². The molecule has 2 heterocycles. The molecular weight excluding hydrogens is 360 g/mol. The van der Waals surface area contributed by atoms with Crippen LogP contribution >= 0.6 is 15.9 Å². The molecule has 3 atom stereocenters. The summed E-state index contributed by atoms with van der Waals surface area (Å²) in [6.07, 6.45) is 7.40. The molecule has 1 unspecified atom stereocenters. The third-order valence-corrected chi connectivity index (χ3v) is 6.26. The highest BCUT2D eigenvalue weighted by atomic mass is 79.9. The average Bonchev–Trinajstić information content (AvgIpc) is 3.14. The zero-order valence-electron chi connectivity index (χ0n) is 13.3. The minimum atomic E-state index is -0.994. The van der Waals surface area contributed by atoms with Gasteiger partial charge in [-0.05, 0) is 38.5 Å². The zero-order valence-corrected chi connectivity index (χ0v) is 14.9. The Morgan fingerprint density at radius 3 is 3.04 bits per heavy atom. The molecule has 7 heteroatoms. The molecule has 1 aliphatic rings. The fourth-order valence-electron chi connectivity index (χ4n) is 3.41. The molecule has 3 rings (SSSR count). The second-order valence-corrected chi connectivity index (χ2v) is 8.07. The number of carbonyl (C=O) groups is 1. The van der Waals surface area contributed by atoms with Gasteiger partial charge in [0.15, 0.2) is 5.65 Å². The lowest BCUT2D eigenvalue weighted by Crippen LogP contribution is -2.27. The van der Waals surface area contributed by atoms with Crippen LogP contribution in [0.5, 0.6) is 0 Å². The smallest absolute Gasteiger partial charge is 0.339 e. The molecule has 2 aromatic heterocycles. The summed E-state index contributed by atoms with van der Waals surface area (Å²) in [4.78, 5) is 22.8. The Morgan fingerprint density at radius 1 is 1.61 bits per heavy atom. The van der Waals surface area contributed by atoms with Gasteiger partial charge in [0.25, 0.3) is 0 Å². The first-order valence-electron chi connectivity index (χ1n) is 7.94. The van der Waals surface area contributed by atoms with Crippen molar-refractivity contribution in [1.29, 1.82) is 0 Å². The van der Waals surface area contributed by atoms with E-state index in [2.05, 4.69) is 50.0 Å². The number of hydrogen-bond donors (Lipinski definition) is 3. The van der Waals surface area contributed by atoms with Gasteiger partial charge in [0.2, 0.25) is 0 Å². The Kier molecular flexibility index (Phi) is 4.31. The Morgan fingerprint density at radius 2 is 2.39 bits per heavy atom. The predicted molar refractivity (Wildman–Crippen MR) is 93.2 cm³/mol. The number of imidazole rings is 1. The van der Waals surface area contributed by atoms with E-state index in [0.717, 1.165) is 25.7 Å². The number of nitrogens with one attached hydrogen (secondary N) is 2. The number of aromatic carboxylic acids is 1. The van der Waals surface area contributed by atoms with Gasteiger partial charge in [-0.2, -0.15) is 0 Å². The third kappa shape index (κ3) is 3.06. The maximum Gasteiger partial charge on any atom is 0.339 e. The van der Waals surface area contributed by atoms with Crippen molar-refractivity contribution < 1.29 is 9.90 Å². The van der Waals surface area contributed by atoms with E-state index in [1.54, 1.807) is 0 Å². The van der Waals surface area contributed by atoms with Crippen molar-refractivity contribution in [3.8, 4) is 0 Å². The van der Waals surface area contributed by atoms with E-state index >= 15 is 0 Å². The molecule has 0 amide bonds. The van der Waals surface area contributed by atoms with E-state index in [-0.39, 0.29) is 15.9 Å². The van der Waals surface area contributed by atoms with Gasteiger partial charge < -0.3 is 15.4 Å². The van der Waals surface area contributed by atoms with Crippen molar-refractivity contribution >= 4 is 38.8 Å². The minimum absolute atomic E-state index is 0.162. The molecule has 1 saturated carbocycles. The number of H-pyrrole nitrogens is 1. The molecular formula is C16H21BrN4O2. The molecule has 124 valence electrons.